The van der Waals surface area contributed by atoms with Gasteiger partial charge in [-0.1, -0.05) is 36.4 Å². The van der Waals surface area contributed by atoms with Crippen molar-refractivity contribution in [3.63, 3.8) is 0 Å². The van der Waals surface area contributed by atoms with E-state index in [-0.39, 0.29) is 11.8 Å². The number of ether oxygens (including phenoxy) is 1. The fraction of sp³-hybridized carbons (Fsp3) is 0.222. The second-order valence-corrected chi connectivity index (χ2v) is 5.42. The molecule has 3 rings (SSSR count). The Bertz CT molecular complexity index is 728. The van der Waals surface area contributed by atoms with E-state index in [9.17, 15) is 9.59 Å². The van der Waals surface area contributed by atoms with E-state index in [2.05, 4.69) is 10.6 Å². The summed E-state index contributed by atoms with van der Waals surface area (Å²) in [7, 11) is 1.49. The molecular weight excluding hydrogens is 292 g/mol. The topological polar surface area (TPSA) is 67.4 Å². The van der Waals surface area contributed by atoms with Crippen LogP contribution >= 0.6 is 0 Å². The van der Waals surface area contributed by atoms with E-state index in [0.29, 0.717) is 24.2 Å². The number of carbonyl (C=O) groups excluding carboxylic acids is 2. The van der Waals surface area contributed by atoms with Gasteiger partial charge in [0, 0.05) is 31.3 Å². The van der Waals surface area contributed by atoms with Crippen LogP contribution in [0.15, 0.2) is 48.5 Å². The van der Waals surface area contributed by atoms with Crippen molar-refractivity contribution >= 4 is 17.5 Å². The zero-order valence-electron chi connectivity index (χ0n) is 12.8. The number of anilines is 1. The van der Waals surface area contributed by atoms with Crippen LogP contribution in [0.3, 0.4) is 0 Å². The van der Waals surface area contributed by atoms with E-state index >= 15 is 0 Å². The molecule has 0 aliphatic carbocycles. The van der Waals surface area contributed by atoms with Crippen LogP contribution < -0.4 is 10.6 Å². The lowest BCUT2D eigenvalue weighted by molar-refractivity contribution is -0.126. The molecule has 0 radical (unpaired) electrons. The second kappa shape index (κ2) is 6.62. The molecule has 2 aromatic rings. The van der Waals surface area contributed by atoms with Crippen LogP contribution in [0.25, 0.3) is 0 Å². The normalized spacial score (nSPS) is 16.4. The maximum absolute atomic E-state index is 12.5. The van der Waals surface area contributed by atoms with Gasteiger partial charge < -0.3 is 15.4 Å². The van der Waals surface area contributed by atoms with Gasteiger partial charge in [0.1, 0.15) is 6.10 Å². The minimum atomic E-state index is -0.564. The quantitative estimate of drug-likeness (QED) is 0.909. The molecule has 0 saturated carbocycles. The molecule has 0 aromatic heterocycles. The van der Waals surface area contributed by atoms with Gasteiger partial charge >= 0.3 is 0 Å². The van der Waals surface area contributed by atoms with Crippen LogP contribution in [0.4, 0.5) is 5.69 Å². The summed E-state index contributed by atoms with van der Waals surface area (Å²) in [6, 6.07) is 15.1. The van der Waals surface area contributed by atoms with Crippen LogP contribution in [0.2, 0.25) is 0 Å². The molecule has 2 aromatic carbocycles. The highest BCUT2D eigenvalue weighted by atomic mass is 16.5. The number of fused-ring (bicyclic) bond motifs is 1. The average Bonchev–Trinajstić information content (AvgIpc) is 2.59. The largest absolute Gasteiger partial charge is 0.371 e. The fourth-order valence-electron chi connectivity index (χ4n) is 2.69. The Morgan fingerprint density at radius 1 is 1.22 bits per heavy atom. The zero-order valence-corrected chi connectivity index (χ0v) is 12.8. The first kappa shape index (κ1) is 15.2. The maximum Gasteiger partial charge on any atom is 0.253 e. The molecule has 0 spiro atoms. The summed E-state index contributed by atoms with van der Waals surface area (Å²) in [6.45, 7) is 0.462. The molecule has 1 atom stereocenters. The van der Waals surface area contributed by atoms with Gasteiger partial charge in [0.2, 0.25) is 0 Å². The number of amides is 2. The standard InChI is InChI=1S/C18H18N2O3/c1-23-16-10-14-13(8-5-9-15(14)20-18(16)22)17(21)19-11-12-6-3-2-4-7-12/h2-9,16H,10-11H2,1H3,(H,19,21)(H,20,22). The third-order valence-electron chi connectivity index (χ3n) is 3.94. The predicted octanol–water partition coefficient (Wildman–Crippen LogP) is 2.13. The van der Waals surface area contributed by atoms with Gasteiger partial charge in [-0.3, -0.25) is 9.59 Å². The molecule has 1 unspecified atom stereocenters. The lowest BCUT2D eigenvalue weighted by Crippen LogP contribution is -2.37. The monoisotopic (exact) mass is 310 g/mol. The summed E-state index contributed by atoms with van der Waals surface area (Å²) in [5, 5.41) is 5.70. The molecule has 0 saturated heterocycles. The Balaban J connectivity index is 1.79. The number of benzene rings is 2. The average molecular weight is 310 g/mol. The van der Waals surface area contributed by atoms with Crippen molar-refractivity contribution in [2.45, 2.75) is 19.1 Å². The van der Waals surface area contributed by atoms with Gasteiger partial charge in [-0.2, -0.15) is 0 Å². The van der Waals surface area contributed by atoms with Crippen LogP contribution in [-0.4, -0.2) is 25.0 Å². The van der Waals surface area contributed by atoms with E-state index < -0.39 is 6.10 Å². The Labute approximate surface area is 134 Å². The first-order valence-corrected chi connectivity index (χ1v) is 7.46. The number of hydrogen-bond acceptors (Lipinski definition) is 3. The molecule has 5 heteroatoms. The van der Waals surface area contributed by atoms with Crippen LogP contribution in [-0.2, 0) is 22.5 Å². The molecule has 2 amide bonds. The Hall–Kier alpha value is -2.66. The summed E-state index contributed by atoms with van der Waals surface area (Å²) >= 11 is 0. The molecule has 118 valence electrons. The first-order valence-electron chi connectivity index (χ1n) is 7.46. The van der Waals surface area contributed by atoms with E-state index in [1.807, 2.05) is 30.3 Å². The van der Waals surface area contributed by atoms with Crippen molar-refractivity contribution in [1.82, 2.24) is 5.32 Å². The first-order chi connectivity index (χ1) is 11.2. The van der Waals surface area contributed by atoms with Crippen molar-refractivity contribution in [2.24, 2.45) is 0 Å². The Morgan fingerprint density at radius 2 is 2.00 bits per heavy atom. The molecule has 23 heavy (non-hydrogen) atoms. The van der Waals surface area contributed by atoms with Crippen LogP contribution in [0, 0.1) is 0 Å². The van der Waals surface area contributed by atoms with Gasteiger partial charge in [0.25, 0.3) is 11.8 Å². The SMILES string of the molecule is COC1Cc2c(cccc2C(=O)NCc2ccccc2)NC1=O. The smallest absolute Gasteiger partial charge is 0.253 e. The van der Waals surface area contributed by atoms with Gasteiger partial charge in [0.05, 0.1) is 0 Å². The van der Waals surface area contributed by atoms with Gasteiger partial charge in [-0.15, -0.1) is 0 Å². The van der Waals surface area contributed by atoms with Crippen molar-refractivity contribution < 1.29 is 14.3 Å². The maximum atomic E-state index is 12.5. The number of nitrogens with one attached hydrogen (secondary N) is 2. The van der Waals surface area contributed by atoms with E-state index in [1.54, 1.807) is 18.2 Å². The molecule has 2 N–H and O–H groups in total. The Morgan fingerprint density at radius 3 is 2.74 bits per heavy atom. The van der Waals surface area contributed by atoms with Gasteiger partial charge in [-0.25, -0.2) is 0 Å². The highest BCUT2D eigenvalue weighted by Gasteiger charge is 2.28. The summed E-state index contributed by atoms with van der Waals surface area (Å²) in [6.07, 6.45) is -0.169. The van der Waals surface area contributed by atoms with Crippen LogP contribution in [0.1, 0.15) is 21.5 Å². The van der Waals surface area contributed by atoms with E-state index in [1.165, 1.54) is 7.11 Å². The fourth-order valence-corrected chi connectivity index (χ4v) is 2.69. The minimum Gasteiger partial charge on any atom is -0.371 e. The Kier molecular flexibility index (Phi) is 4.39. The number of rotatable bonds is 4. The molecule has 1 aliphatic heterocycles. The van der Waals surface area contributed by atoms with Crippen molar-refractivity contribution in [3.8, 4) is 0 Å². The van der Waals surface area contributed by atoms with Gasteiger partial charge in [0.15, 0.2) is 0 Å². The van der Waals surface area contributed by atoms with Crippen molar-refractivity contribution in [3.05, 3.63) is 65.2 Å². The number of hydrogen-bond donors (Lipinski definition) is 2. The summed E-state index contributed by atoms with van der Waals surface area (Å²) in [4.78, 5) is 24.3. The lowest BCUT2D eigenvalue weighted by atomic mass is 9.95. The molecule has 1 heterocycles. The molecule has 5 nitrogen and oxygen atoms in total. The third kappa shape index (κ3) is 3.24. The van der Waals surface area contributed by atoms with E-state index in [4.69, 9.17) is 4.74 Å². The van der Waals surface area contributed by atoms with E-state index in [0.717, 1.165) is 11.1 Å². The number of carbonyl (C=O) groups is 2. The molecular formula is C18H18N2O3. The highest BCUT2D eigenvalue weighted by Crippen LogP contribution is 2.27. The molecule has 1 aliphatic rings. The summed E-state index contributed by atoms with van der Waals surface area (Å²) < 4.78 is 5.18. The number of methoxy groups -OCH3 is 1. The second-order valence-electron chi connectivity index (χ2n) is 5.42. The van der Waals surface area contributed by atoms with Gasteiger partial charge in [-0.05, 0) is 23.3 Å². The summed E-state index contributed by atoms with van der Waals surface area (Å²) in [5.74, 6) is -0.335. The van der Waals surface area contributed by atoms with Crippen molar-refractivity contribution in [1.29, 1.82) is 0 Å². The minimum absolute atomic E-state index is 0.156. The lowest BCUT2D eigenvalue weighted by Gasteiger charge is -2.25. The van der Waals surface area contributed by atoms with Crippen LogP contribution in [0.5, 0.6) is 0 Å². The molecule has 0 fully saturated rings. The highest BCUT2D eigenvalue weighted by molar-refractivity contribution is 6.02. The molecule has 0 bridgehead atoms. The zero-order chi connectivity index (χ0) is 16.2. The third-order valence-corrected chi connectivity index (χ3v) is 3.94. The summed E-state index contributed by atoms with van der Waals surface area (Å²) in [5.41, 5.74) is 3.09. The predicted molar refractivity (Wildman–Crippen MR) is 87.2 cm³/mol. The van der Waals surface area contributed by atoms with Crippen molar-refractivity contribution in [2.75, 3.05) is 12.4 Å².